The summed E-state index contributed by atoms with van der Waals surface area (Å²) in [6.45, 7) is 5.36. The molecule has 0 spiro atoms. The zero-order valence-corrected chi connectivity index (χ0v) is 29.2. The van der Waals surface area contributed by atoms with E-state index in [-0.39, 0.29) is 29.8 Å². The molecule has 10 heteroatoms. The van der Waals surface area contributed by atoms with Crippen LogP contribution in [0.1, 0.15) is 37.0 Å². The van der Waals surface area contributed by atoms with Crippen molar-refractivity contribution in [3.8, 4) is 5.75 Å². The van der Waals surface area contributed by atoms with Gasteiger partial charge in [0.1, 0.15) is 18.3 Å². The minimum atomic E-state index is -4.18. The minimum absolute atomic E-state index is 0.0612. The molecule has 0 saturated carbocycles. The van der Waals surface area contributed by atoms with Gasteiger partial charge in [-0.3, -0.25) is 13.9 Å². The Morgan fingerprint density at radius 3 is 2.17 bits per heavy atom. The summed E-state index contributed by atoms with van der Waals surface area (Å²) in [7, 11) is -2.61. The smallest absolute Gasteiger partial charge is 0.264 e. The molecule has 0 saturated heterocycles. The Hall–Kier alpha value is -4.28. The van der Waals surface area contributed by atoms with Crippen molar-refractivity contribution in [1.29, 1.82) is 0 Å². The number of thioether (sulfide) groups is 1. The number of carbonyl (C=O) groups is 2. The molecule has 0 aromatic heterocycles. The van der Waals surface area contributed by atoms with Gasteiger partial charge in [0.05, 0.1) is 17.7 Å². The number of hydrogen-bond acceptors (Lipinski definition) is 6. The molecule has 0 heterocycles. The van der Waals surface area contributed by atoms with Gasteiger partial charge in [-0.2, -0.15) is 0 Å². The average Bonchev–Trinajstić information content (AvgIpc) is 3.09. The number of nitrogens with one attached hydrogen (secondary N) is 1. The van der Waals surface area contributed by atoms with Crippen molar-refractivity contribution in [1.82, 2.24) is 10.2 Å². The van der Waals surface area contributed by atoms with E-state index in [9.17, 15) is 18.0 Å². The fourth-order valence-corrected chi connectivity index (χ4v) is 6.90. The van der Waals surface area contributed by atoms with E-state index in [0.29, 0.717) is 17.9 Å². The van der Waals surface area contributed by atoms with Crippen molar-refractivity contribution >= 4 is 39.3 Å². The fraction of sp³-hybridized carbons (Fsp3) is 0.297. The van der Waals surface area contributed by atoms with Gasteiger partial charge < -0.3 is 15.0 Å². The fourth-order valence-electron chi connectivity index (χ4n) is 5.08. The Morgan fingerprint density at radius 1 is 0.894 bits per heavy atom. The second-order valence-electron chi connectivity index (χ2n) is 11.4. The number of amides is 2. The molecule has 0 aliphatic heterocycles. The summed E-state index contributed by atoms with van der Waals surface area (Å²) >= 11 is 1.51. The predicted molar refractivity (Wildman–Crippen MR) is 189 cm³/mol. The van der Waals surface area contributed by atoms with Gasteiger partial charge in [-0.05, 0) is 86.2 Å². The first-order valence-electron chi connectivity index (χ1n) is 15.6. The molecule has 4 rings (SSSR count). The van der Waals surface area contributed by atoms with E-state index >= 15 is 0 Å². The van der Waals surface area contributed by atoms with Crippen LogP contribution in [-0.4, -0.2) is 57.1 Å². The quantitative estimate of drug-likeness (QED) is 0.145. The molecule has 0 bridgehead atoms. The molecule has 4 aromatic carbocycles. The molecule has 0 aliphatic carbocycles. The molecule has 8 nitrogen and oxygen atoms in total. The van der Waals surface area contributed by atoms with Crippen molar-refractivity contribution in [2.45, 2.75) is 62.0 Å². The van der Waals surface area contributed by atoms with Crippen molar-refractivity contribution < 1.29 is 22.7 Å². The van der Waals surface area contributed by atoms with Crippen LogP contribution in [0.3, 0.4) is 0 Å². The molecular weight excluding hydrogens is 631 g/mol. The highest BCUT2D eigenvalue weighted by molar-refractivity contribution is 7.98. The number of anilines is 1. The van der Waals surface area contributed by atoms with E-state index in [4.69, 9.17) is 4.74 Å². The van der Waals surface area contributed by atoms with Gasteiger partial charge in [-0.25, -0.2) is 8.42 Å². The number of nitrogens with zero attached hydrogens (tertiary/aromatic N) is 2. The lowest BCUT2D eigenvalue weighted by Gasteiger charge is -2.34. The van der Waals surface area contributed by atoms with Crippen LogP contribution in [0.2, 0.25) is 0 Å². The van der Waals surface area contributed by atoms with Crippen LogP contribution in [0.15, 0.2) is 113 Å². The van der Waals surface area contributed by atoms with Crippen LogP contribution < -0.4 is 14.4 Å². The molecule has 4 aromatic rings. The maximum atomic E-state index is 14.6. The van der Waals surface area contributed by atoms with Crippen LogP contribution in [-0.2, 0) is 32.6 Å². The molecule has 0 radical (unpaired) electrons. The number of carbonyl (C=O) groups excluding carboxylic acids is 2. The molecule has 47 heavy (non-hydrogen) atoms. The number of ether oxygens (including phenoxy) is 1. The number of rotatable bonds is 15. The average molecular weight is 674 g/mol. The second kappa shape index (κ2) is 16.5. The van der Waals surface area contributed by atoms with Crippen molar-refractivity contribution in [2.75, 3.05) is 24.2 Å². The second-order valence-corrected chi connectivity index (χ2v) is 14.2. The monoisotopic (exact) mass is 673 g/mol. The largest absolute Gasteiger partial charge is 0.497 e. The van der Waals surface area contributed by atoms with Gasteiger partial charge in [-0.15, -0.1) is 11.8 Å². The lowest BCUT2D eigenvalue weighted by atomic mass is 10.0. The highest BCUT2D eigenvalue weighted by Crippen LogP contribution is 2.27. The van der Waals surface area contributed by atoms with Crippen molar-refractivity contribution in [2.24, 2.45) is 0 Å². The first-order chi connectivity index (χ1) is 22.5. The highest BCUT2D eigenvalue weighted by Gasteiger charge is 2.35. The summed E-state index contributed by atoms with van der Waals surface area (Å²) < 4.78 is 35.1. The zero-order chi connectivity index (χ0) is 34.0. The van der Waals surface area contributed by atoms with E-state index in [1.54, 1.807) is 49.6 Å². The maximum Gasteiger partial charge on any atom is 0.264 e. The van der Waals surface area contributed by atoms with Gasteiger partial charge in [0.25, 0.3) is 10.0 Å². The topological polar surface area (TPSA) is 96.0 Å². The van der Waals surface area contributed by atoms with E-state index < -0.39 is 28.5 Å². The number of methoxy groups -OCH3 is 1. The van der Waals surface area contributed by atoms with Gasteiger partial charge in [0.2, 0.25) is 11.8 Å². The first-order valence-corrected chi connectivity index (χ1v) is 18.2. The first kappa shape index (κ1) is 35.6. The highest BCUT2D eigenvalue weighted by atomic mass is 32.2. The van der Waals surface area contributed by atoms with Crippen molar-refractivity contribution in [3.63, 3.8) is 0 Å². The lowest BCUT2D eigenvalue weighted by Crippen LogP contribution is -2.54. The lowest BCUT2D eigenvalue weighted by molar-refractivity contribution is -0.140. The summed E-state index contributed by atoms with van der Waals surface area (Å²) in [5.41, 5.74) is 2.91. The molecule has 2 amide bonds. The SMILES string of the molecule is CC[C@H](C)NC(=O)[C@@H](Cc1ccccc1)N(Cc1cccc(OC)c1)C(=O)CN(c1ccc(C)cc1)S(=O)(=O)c1ccc(SC)cc1. The van der Waals surface area contributed by atoms with Crippen LogP contribution in [0, 0.1) is 6.92 Å². The molecule has 0 fully saturated rings. The number of hydrogen-bond donors (Lipinski definition) is 1. The van der Waals surface area contributed by atoms with E-state index in [2.05, 4.69) is 5.32 Å². The molecule has 0 aliphatic rings. The standard InChI is InChI=1S/C37H43N3O5S2/c1-6-28(3)38-37(42)35(24-29-11-8-7-9-12-29)39(25-30-13-10-14-32(23-30)45-4)36(41)26-40(31-17-15-27(2)16-18-31)47(43,44)34-21-19-33(46-5)20-22-34/h7-23,28,35H,6,24-26H2,1-5H3,(H,38,42)/t28-,35+/m0/s1. The molecule has 0 unspecified atom stereocenters. The summed E-state index contributed by atoms with van der Waals surface area (Å²) in [5.74, 6) is -0.217. The Balaban J connectivity index is 1.81. The van der Waals surface area contributed by atoms with E-state index in [1.165, 1.54) is 16.7 Å². The van der Waals surface area contributed by atoms with Crippen LogP contribution in [0.5, 0.6) is 5.75 Å². The Bertz CT molecular complexity index is 1730. The third-order valence-electron chi connectivity index (χ3n) is 8.01. The maximum absolute atomic E-state index is 14.6. The van der Waals surface area contributed by atoms with Crippen LogP contribution >= 0.6 is 11.8 Å². The van der Waals surface area contributed by atoms with Gasteiger partial charge in [0.15, 0.2) is 0 Å². The van der Waals surface area contributed by atoms with Gasteiger partial charge in [0, 0.05) is 23.9 Å². The Labute approximate surface area is 283 Å². The third-order valence-corrected chi connectivity index (χ3v) is 10.5. The molecular formula is C37H43N3O5S2. The van der Waals surface area contributed by atoms with E-state index in [1.807, 2.05) is 87.7 Å². The van der Waals surface area contributed by atoms with Crippen molar-refractivity contribution in [3.05, 3.63) is 120 Å². The third kappa shape index (κ3) is 9.39. The zero-order valence-electron chi connectivity index (χ0n) is 27.6. The van der Waals surface area contributed by atoms with Crippen LogP contribution in [0.4, 0.5) is 5.69 Å². The summed E-state index contributed by atoms with van der Waals surface area (Å²) in [4.78, 5) is 31.1. The minimum Gasteiger partial charge on any atom is -0.497 e. The van der Waals surface area contributed by atoms with Crippen LogP contribution in [0.25, 0.3) is 0 Å². The Kier molecular flexibility index (Phi) is 12.5. The summed E-state index contributed by atoms with van der Waals surface area (Å²) in [6, 6.07) is 29.4. The molecule has 1 N–H and O–H groups in total. The number of aryl methyl sites for hydroxylation is 1. The summed E-state index contributed by atoms with van der Waals surface area (Å²) in [6.07, 6.45) is 2.87. The van der Waals surface area contributed by atoms with E-state index in [0.717, 1.165) is 25.9 Å². The normalized spacial score (nSPS) is 12.5. The Morgan fingerprint density at radius 2 is 1.55 bits per heavy atom. The number of sulfonamides is 1. The molecule has 2 atom stereocenters. The van der Waals surface area contributed by atoms with Gasteiger partial charge >= 0.3 is 0 Å². The molecule has 248 valence electrons. The predicted octanol–water partition coefficient (Wildman–Crippen LogP) is 6.48. The summed E-state index contributed by atoms with van der Waals surface area (Å²) in [5, 5.41) is 3.06. The number of benzene rings is 4. The van der Waals surface area contributed by atoms with Gasteiger partial charge in [-0.1, -0.05) is 67.1 Å².